The molecule has 0 aliphatic heterocycles. The first kappa shape index (κ1) is 18.7. The molecule has 2 aromatic heterocycles. The van der Waals surface area contributed by atoms with Gasteiger partial charge in [0, 0.05) is 28.6 Å². The molecule has 5 heteroatoms. The molecule has 1 aromatic carbocycles. The molecule has 0 saturated heterocycles. The lowest BCUT2D eigenvalue weighted by atomic mass is 10.0. The second kappa shape index (κ2) is 7.66. The standard InChI is InChI=1S/C22H25N3O2/c1-13-6-8-17(9-7-13)18-10-20(22(23)25-16(18)4)27-12-19-15(3)21(26-5)14(2)11-24-19/h6-11H,12H2,1-5H3,(H2,23,25). The molecule has 27 heavy (non-hydrogen) atoms. The smallest absolute Gasteiger partial charge is 0.166 e. The molecule has 3 aromatic rings. The van der Waals surface area contributed by atoms with E-state index in [-0.39, 0.29) is 0 Å². The van der Waals surface area contributed by atoms with E-state index in [0.717, 1.165) is 39.4 Å². The number of nitrogens with zero attached hydrogens (tertiary/aromatic N) is 2. The van der Waals surface area contributed by atoms with Crippen LogP contribution in [0.25, 0.3) is 11.1 Å². The number of aromatic nitrogens is 2. The van der Waals surface area contributed by atoms with Gasteiger partial charge in [-0.15, -0.1) is 0 Å². The molecule has 0 radical (unpaired) electrons. The molecule has 0 spiro atoms. The van der Waals surface area contributed by atoms with Crippen molar-refractivity contribution >= 4 is 5.82 Å². The number of nitrogen functional groups attached to an aromatic ring is 1. The SMILES string of the molecule is COc1c(C)cnc(COc2cc(-c3ccc(C)cc3)c(C)nc2N)c1C. The average Bonchev–Trinajstić information content (AvgIpc) is 2.64. The number of nitrogens with two attached hydrogens (primary N) is 1. The van der Waals surface area contributed by atoms with Gasteiger partial charge in [0.25, 0.3) is 0 Å². The van der Waals surface area contributed by atoms with Crippen LogP contribution in [0.3, 0.4) is 0 Å². The molecule has 0 saturated carbocycles. The van der Waals surface area contributed by atoms with Gasteiger partial charge in [-0.05, 0) is 39.3 Å². The zero-order chi connectivity index (χ0) is 19.6. The summed E-state index contributed by atoms with van der Waals surface area (Å²) in [6.45, 7) is 8.26. The summed E-state index contributed by atoms with van der Waals surface area (Å²) < 4.78 is 11.4. The van der Waals surface area contributed by atoms with Gasteiger partial charge in [0.1, 0.15) is 12.4 Å². The predicted octanol–water partition coefficient (Wildman–Crippen LogP) is 4.55. The maximum Gasteiger partial charge on any atom is 0.166 e. The van der Waals surface area contributed by atoms with E-state index >= 15 is 0 Å². The number of methoxy groups -OCH3 is 1. The molecular formula is C22H25N3O2. The maximum absolute atomic E-state index is 6.09. The van der Waals surface area contributed by atoms with Crippen molar-refractivity contribution in [2.45, 2.75) is 34.3 Å². The fourth-order valence-corrected chi connectivity index (χ4v) is 3.11. The molecular weight excluding hydrogens is 338 g/mol. The summed E-state index contributed by atoms with van der Waals surface area (Å²) in [5.41, 5.74) is 13.0. The van der Waals surface area contributed by atoms with Crippen LogP contribution in [0.1, 0.15) is 28.1 Å². The van der Waals surface area contributed by atoms with E-state index in [1.165, 1.54) is 5.56 Å². The lowest BCUT2D eigenvalue weighted by Crippen LogP contribution is -2.06. The Morgan fingerprint density at radius 2 is 1.74 bits per heavy atom. The molecule has 2 heterocycles. The van der Waals surface area contributed by atoms with E-state index in [2.05, 4.69) is 41.2 Å². The largest absolute Gasteiger partial charge is 0.496 e. The van der Waals surface area contributed by atoms with Crippen LogP contribution in [0.15, 0.2) is 36.5 Å². The first-order valence-electron chi connectivity index (χ1n) is 8.86. The molecule has 0 amide bonds. The van der Waals surface area contributed by atoms with Crippen molar-refractivity contribution in [3.05, 3.63) is 64.6 Å². The summed E-state index contributed by atoms with van der Waals surface area (Å²) in [7, 11) is 1.66. The summed E-state index contributed by atoms with van der Waals surface area (Å²) in [6, 6.07) is 10.3. The van der Waals surface area contributed by atoms with Crippen molar-refractivity contribution in [3.63, 3.8) is 0 Å². The highest BCUT2D eigenvalue weighted by Crippen LogP contribution is 2.31. The van der Waals surface area contributed by atoms with E-state index in [0.29, 0.717) is 18.2 Å². The summed E-state index contributed by atoms with van der Waals surface area (Å²) in [6.07, 6.45) is 1.79. The Morgan fingerprint density at radius 1 is 1.04 bits per heavy atom. The van der Waals surface area contributed by atoms with Gasteiger partial charge in [-0.25, -0.2) is 4.98 Å². The lowest BCUT2D eigenvalue weighted by Gasteiger charge is -2.15. The third-order valence-corrected chi connectivity index (χ3v) is 4.68. The Balaban J connectivity index is 1.90. The Hall–Kier alpha value is -3.08. The highest BCUT2D eigenvalue weighted by molar-refractivity contribution is 5.70. The maximum atomic E-state index is 6.09. The van der Waals surface area contributed by atoms with Gasteiger partial charge in [0.05, 0.1) is 12.8 Å². The van der Waals surface area contributed by atoms with E-state index in [1.807, 2.05) is 26.8 Å². The zero-order valence-corrected chi connectivity index (χ0v) is 16.5. The highest BCUT2D eigenvalue weighted by Gasteiger charge is 2.13. The third-order valence-electron chi connectivity index (χ3n) is 4.68. The predicted molar refractivity (Wildman–Crippen MR) is 108 cm³/mol. The molecule has 0 bridgehead atoms. The summed E-state index contributed by atoms with van der Waals surface area (Å²) in [4.78, 5) is 8.94. The highest BCUT2D eigenvalue weighted by atomic mass is 16.5. The third kappa shape index (κ3) is 3.87. The number of pyridine rings is 2. The Bertz CT molecular complexity index is 966. The fraction of sp³-hybridized carbons (Fsp3) is 0.273. The molecule has 0 aliphatic carbocycles. The molecule has 0 atom stereocenters. The zero-order valence-electron chi connectivity index (χ0n) is 16.5. The molecule has 0 unspecified atom stereocenters. The number of benzene rings is 1. The van der Waals surface area contributed by atoms with Gasteiger partial charge < -0.3 is 15.2 Å². The van der Waals surface area contributed by atoms with Crippen LogP contribution in [0.2, 0.25) is 0 Å². The van der Waals surface area contributed by atoms with Crippen LogP contribution in [-0.4, -0.2) is 17.1 Å². The minimum atomic E-state index is 0.296. The van der Waals surface area contributed by atoms with Gasteiger partial charge in [-0.3, -0.25) is 4.98 Å². The van der Waals surface area contributed by atoms with Crippen LogP contribution in [-0.2, 0) is 6.61 Å². The van der Waals surface area contributed by atoms with Gasteiger partial charge in [0.2, 0.25) is 0 Å². The average molecular weight is 363 g/mol. The topological polar surface area (TPSA) is 70.3 Å². The van der Waals surface area contributed by atoms with Crippen molar-refractivity contribution in [1.29, 1.82) is 0 Å². The fourth-order valence-electron chi connectivity index (χ4n) is 3.11. The minimum absolute atomic E-state index is 0.296. The van der Waals surface area contributed by atoms with Gasteiger partial charge in [0.15, 0.2) is 11.6 Å². The number of hydrogen-bond donors (Lipinski definition) is 1. The second-order valence-electron chi connectivity index (χ2n) is 6.71. The Morgan fingerprint density at radius 3 is 2.41 bits per heavy atom. The summed E-state index contributed by atoms with van der Waals surface area (Å²) >= 11 is 0. The van der Waals surface area contributed by atoms with Crippen molar-refractivity contribution < 1.29 is 9.47 Å². The summed E-state index contributed by atoms with van der Waals surface area (Å²) in [5, 5.41) is 0. The monoisotopic (exact) mass is 363 g/mol. The first-order chi connectivity index (χ1) is 12.9. The molecule has 0 aliphatic rings. The van der Waals surface area contributed by atoms with Crippen molar-refractivity contribution in [1.82, 2.24) is 9.97 Å². The molecule has 2 N–H and O–H groups in total. The van der Waals surface area contributed by atoms with Gasteiger partial charge >= 0.3 is 0 Å². The number of ether oxygens (including phenoxy) is 2. The number of anilines is 1. The van der Waals surface area contributed by atoms with E-state index in [1.54, 1.807) is 13.3 Å². The summed E-state index contributed by atoms with van der Waals surface area (Å²) in [5.74, 6) is 1.76. The quantitative estimate of drug-likeness (QED) is 0.720. The number of rotatable bonds is 5. The molecule has 0 fully saturated rings. The Labute approximate surface area is 160 Å². The normalized spacial score (nSPS) is 10.7. The first-order valence-corrected chi connectivity index (χ1v) is 8.86. The Kier molecular flexibility index (Phi) is 5.31. The van der Waals surface area contributed by atoms with Crippen LogP contribution in [0.4, 0.5) is 5.82 Å². The molecule has 3 rings (SSSR count). The molecule has 5 nitrogen and oxygen atoms in total. The second-order valence-corrected chi connectivity index (χ2v) is 6.71. The number of aryl methyl sites for hydroxylation is 3. The van der Waals surface area contributed by atoms with E-state index in [4.69, 9.17) is 15.2 Å². The van der Waals surface area contributed by atoms with Crippen LogP contribution >= 0.6 is 0 Å². The van der Waals surface area contributed by atoms with Crippen molar-refractivity contribution in [2.24, 2.45) is 0 Å². The molecule has 140 valence electrons. The lowest BCUT2D eigenvalue weighted by molar-refractivity contribution is 0.299. The minimum Gasteiger partial charge on any atom is -0.496 e. The van der Waals surface area contributed by atoms with Crippen LogP contribution in [0.5, 0.6) is 11.5 Å². The van der Waals surface area contributed by atoms with E-state index in [9.17, 15) is 0 Å². The van der Waals surface area contributed by atoms with Crippen molar-refractivity contribution in [2.75, 3.05) is 12.8 Å². The van der Waals surface area contributed by atoms with Gasteiger partial charge in [-0.1, -0.05) is 29.8 Å². The van der Waals surface area contributed by atoms with Crippen LogP contribution < -0.4 is 15.2 Å². The van der Waals surface area contributed by atoms with Crippen molar-refractivity contribution in [3.8, 4) is 22.6 Å². The van der Waals surface area contributed by atoms with E-state index < -0.39 is 0 Å². The van der Waals surface area contributed by atoms with Gasteiger partial charge in [-0.2, -0.15) is 0 Å². The number of hydrogen-bond acceptors (Lipinski definition) is 5. The van der Waals surface area contributed by atoms with Crippen LogP contribution in [0, 0.1) is 27.7 Å².